The Bertz CT molecular complexity index is 721. The topological polar surface area (TPSA) is 59.1 Å². The quantitative estimate of drug-likeness (QED) is 0.602. The molecule has 0 saturated carbocycles. The van der Waals surface area contributed by atoms with E-state index in [2.05, 4.69) is 0 Å². The number of likely N-dealkylation sites (N-methyl/N-ethyl adjacent to an activating group) is 1. The molecule has 1 atom stereocenters. The van der Waals surface area contributed by atoms with Gasteiger partial charge in [0.25, 0.3) is 0 Å². The van der Waals surface area contributed by atoms with E-state index in [0.717, 1.165) is 12.1 Å². The fourth-order valence-corrected chi connectivity index (χ4v) is 2.69. The van der Waals surface area contributed by atoms with Crippen LogP contribution in [-0.2, 0) is 14.3 Å². The first-order chi connectivity index (χ1) is 11.8. The molecule has 25 heavy (non-hydrogen) atoms. The van der Waals surface area contributed by atoms with Crippen molar-refractivity contribution in [3.8, 4) is 0 Å². The summed E-state index contributed by atoms with van der Waals surface area (Å²) in [4.78, 5) is 27.5. The Morgan fingerprint density at radius 2 is 1.88 bits per heavy atom. The number of allylic oxidation sites excluding steroid dienone is 1. The van der Waals surface area contributed by atoms with Crippen molar-refractivity contribution in [2.75, 3.05) is 34.4 Å². The Labute approximate surface area is 144 Å². The average Bonchev–Trinajstić information content (AvgIpc) is 2.58. The molecular formula is C17H20F2N2O4. The van der Waals surface area contributed by atoms with Crippen molar-refractivity contribution in [2.45, 2.75) is 13.0 Å². The van der Waals surface area contributed by atoms with Crippen molar-refractivity contribution in [2.24, 2.45) is 0 Å². The fourth-order valence-electron chi connectivity index (χ4n) is 2.69. The monoisotopic (exact) mass is 354 g/mol. The molecular weight excluding hydrogens is 334 g/mol. The molecule has 1 aromatic carbocycles. The summed E-state index contributed by atoms with van der Waals surface area (Å²) < 4.78 is 37.0. The van der Waals surface area contributed by atoms with E-state index in [9.17, 15) is 18.4 Å². The van der Waals surface area contributed by atoms with Gasteiger partial charge in [-0.1, -0.05) is 6.07 Å². The first-order valence-corrected chi connectivity index (χ1v) is 7.61. The molecule has 0 N–H and O–H groups in total. The van der Waals surface area contributed by atoms with Crippen molar-refractivity contribution < 1.29 is 27.8 Å². The molecule has 1 heterocycles. The van der Waals surface area contributed by atoms with Crippen LogP contribution in [0.4, 0.5) is 13.6 Å². The number of esters is 1. The predicted molar refractivity (Wildman–Crippen MR) is 85.6 cm³/mol. The van der Waals surface area contributed by atoms with E-state index in [1.807, 2.05) is 0 Å². The Morgan fingerprint density at radius 3 is 2.48 bits per heavy atom. The summed E-state index contributed by atoms with van der Waals surface area (Å²) in [6.45, 7) is 1.86. The van der Waals surface area contributed by atoms with Crippen LogP contribution in [0.1, 0.15) is 18.5 Å². The lowest BCUT2D eigenvalue weighted by atomic mass is 9.93. The van der Waals surface area contributed by atoms with Gasteiger partial charge in [-0.3, -0.25) is 0 Å². The maximum atomic E-state index is 13.7. The third-order valence-corrected chi connectivity index (χ3v) is 4.14. The number of amides is 2. The third kappa shape index (κ3) is 3.63. The zero-order valence-electron chi connectivity index (χ0n) is 14.5. The van der Waals surface area contributed by atoms with Gasteiger partial charge in [0.2, 0.25) is 0 Å². The normalized spacial score (nSPS) is 18.0. The molecule has 136 valence electrons. The summed E-state index contributed by atoms with van der Waals surface area (Å²) in [5.41, 5.74) is 0.854. The zero-order valence-corrected chi connectivity index (χ0v) is 14.5. The molecule has 6 nitrogen and oxygen atoms in total. The molecule has 1 aromatic rings. The Balaban J connectivity index is 2.49. The number of ether oxygens (including phenoxy) is 2. The predicted octanol–water partition coefficient (Wildman–Crippen LogP) is 2.47. The van der Waals surface area contributed by atoms with Crippen LogP contribution >= 0.6 is 0 Å². The molecule has 0 radical (unpaired) electrons. The summed E-state index contributed by atoms with van der Waals surface area (Å²) in [7, 11) is 4.49. The highest BCUT2D eigenvalue weighted by atomic mass is 19.2. The van der Waals surface area contributed by atoms with Crippen LogP contribution < -0.4 is 0 Å². The van der Waals surface area contributed by atoms with Crippen LogP contribution in [0, 0.1) is 11.6 Å². The molecule has 0 aromatic heterocycles. The molecule has 0 fully saturated rings. The van der Waals surface area contributed by atoms with Crippen molar-refractivity contribution >= 4 is 12.0 Å². The minimum atomic E-state index is -1.05. The van der Waals surface area contributed by atoms with Crippen molar-refractivity contribution in [1.82, 2.24) is 9.80 Å². The molecule has 0 aliphatic carbocycles. The van der Waals surface area contributed by atoms with Crippen LogP contribution in [0.25, 0.3) is 0 Å². The minimum absolute atomic E-state index is 0.0397. The number of hydrogen-bond donors (Lipinski definition) is 0. The first-order valence-electron chi connectivity index (χ1n) is 7.61. The summed E-state index contributed by atoms with van der Waals surface area (Å²) in [5.74, 6) is -2.70. The Hall–Kier alpha value is -2.48. The van der Waals surface area contributed by atoms with Crippen LogP contribution in [0.2, 0.25) is 0 Å². The van der Waals surface area contributed by atoms with Crippen molar-refractivity contribution in [3.63, 3.8) is 0 Å². The third-order valence-electron chi connectivity index (χ3n) is 4.14. The Kier molecular flexibility index (Phi) is 5.73. The molecule has 1 aliphatic rings. The summed E-state index contributed by atoms with van der Waals surface area (Å²) in [6, 6.07) is 2.03. The second kappa shape index (κ2) is 7.60. The van der Waals surface area contributed by atoms with Gasteiger partial charge < -0.3 is 19.3 Å². The maximum Gasteiger partial charge on any atom is 0.338 e. The van der Waals surface area contributed by atoms with Gasteiger partial charge in [-0.25, -0.2) is 18.4 Å². The van der Waals surface area contributed by atoms with Gasteiger partial charge in [-0.05, 0) is 24.6 Å². The number of rotatable bonds is 5. The number of carbonyl (C=O) groups excluding carboxylic acids is 2. The largest absolute Gasteiger partial charge is 0.460 e. The molecule has 1 aliphatic heterocycles. The molecule has 0 saturated heterocycles. The number of halogens is 2. The van der Waals surface area contributed by atoms with E-state index in [0.29, 0.717) is 5.70 Å². The fraction of sp³-hybridized carbons (Fsp3) is 0.412. The Morgan fingerprint density at radius 1 is 1.20 bits per heavy atom. The van der Waals surface area contributed by atoms with Crippen LogP contribution in [0.5, 0.6) is 0 Å². The first kappa shape index (κ1) is 18.9. The van der Waals surface area contributed by atoms with E-state index >= 15 is 0 Å². The molecule has 0 bridgehead atoms. The summed E-state index contributed by atoms with van der Waals surface area (Å²) in [6.07, 6.45) is 0. The zero-order chi connectivity index (χ0) is 18.7. The average molecular weight is 354 g/mol. The molecule has 2 amide bonds. The van der Waals surface area contributed by atoms with Gasteiger partial charge in [0.05, 0.1) is 18.2 Å². The van der Waals surface area contributed by atoms with Gasteiger partial charge >= 0.3 is 12.0 Å². The lowest BCUT2D eigenvalue weighted by Crippen LogP contribution is -2.47. The number of methoxy groups -OCH3 is 1. The van der Waals surface area contributed by atoms with Gasteiger partial charge in [0.15, 0.2) is 11.6 Å². The van der Waals surface area contributed by atoms with E-state index in [1.54, 1.807) is 6.92 Å². The van der Waals surface area contributed by atoms with E-state index in [1.165, 1.54) is 37.1 Å². The van der Waals surface area contributed by atoms with Crippen molar-refractivity contribution in [3.05, 3.63) is 46.7 Å². The highest BCUT2D eigenvalue weighted by Crippen LogP contribution is 2.36. The van der Waals surface area contributed by atoms with Crippen LogP contribution in [0.3, 0.4) is 0 Å². The summed E-state index contributed by atoms with van der Waals surface area (Å²) in [5, 5.41) is 0. The summed E-state index contributed by atoms with van der Waals surface area (Å²) >= 11 is 0. The number of benzene rings is 1. The highest BCUT2D eigenvalue weighted by Gasteiger charge is 2.39. The maximum absolute atomic E-state index is 13.7. The molecule has 2 rings (SSSR count). The number of carbonyl (C=O) groups is 2. The molecule has 0 unspecified atom stereocenters. The molecule has 0 spiro atoms. The van der Waals surface area contributed by atoms with Crippen molar-refractivity contribution in [1.29, 1.82) is 0 Å². The van der Waals surface area contributed by atoms with Gasteiger partial charge in [-0.15, -0.1) is 0 Å². The van der Waals surface area contributed by atoms with Crippen LogP contribution in [-0.4, -0.2) is 56.2 Å². The second-order valence-electron chi connectivity index (χ2n) is 5.66. The highest BCUT2D eigenvalue weighted by molar-refractivity contribution is 5.94. The van der Waals surface area contributed by atoms with Crippen LogP contribution in [0.15, 0.2) is 29.5 Å². The van der Waals surface area contributed by atoms with Gasteiger partial charge in [0.1, 0.15) is 6.61 Å². The minimum Gasteiger partial charge on any atom is -0.460 e. The van der Waals surface area contributed by atoms with E-state index in [-0.39, 0.29) is 30.4 Å². The van der Waals surface area contributed by atoms with Gasteiger partial charge in [0, 0.05) is 26.9 Å². The number of urea groups is 1. The standard InChI is InChI=1S/C17H20F2N2O4/c1-10-14(16(22)25-8-7-24-4)15(21(3)17(23)20(10)2)11-5-6-12(18)13(19)9-11/h5-6,9,15H,7-8H2,1-4H3/t15-/m1/s1. The molecule has 8 heteroatoms. The second-order valence-corrected chi connectivity index (χ2v) is 5.66. The number of nitrogens with zero attached hydrogens (tertiary/aromatic N) is 2. The van der Waals surface area contributed by atoms with E-state index in [4.69, 9.17) is 9.47 Å². The smallest absolute Gasteiger partial charge is 0.338 e. The van der Waals surface area contributed by atoms with Gasteiger partial charge in [-0.2, -0.15) is 0 Å². The lowest BCUT2D eigenvalue weighted by molar-refractivity contribution is -0.141. The van der Waals surface area contributed by atoms with E-state index < -0.39 is 23.6 Å². The number of hydrogen-bond acceptors (Lipinski definition) is 4. The SMILES string of the molecule is COCCOC(=O)C1=C(C)N(C)C(=O)N(C)[C@@H]1c1ccc(F)c(F)c1. The lowest BCUT2D eigenvalue weighted by Gasteiger charge is -2.39.